The lowest BCUT2D eigenvalue weighted by Gasteiger charge is -2.28. The Morgan fingerprint density at radius 2 is 1.90 bits per heavy atom. The normalized spacial score (nSPS) is 18.5. The van der Waals surface area contributed by atoms with E-state index in [0.29, 0.717) is 5.56 Å². The minimum absolute atomic E-state index is 0.106. The number of hydrazine groups is 1. The zero-order valence-corrected chi connectivity index (χ0v) is 11.3. The number of amidine groups is 1. The van der Waals surface area contributed by atoms with E-state index in [1.165, 1.54) is 6.42 Å². The monoisotopic (exact) mass is 276 g/mol. The van der Waals surface area contributed by atoms with Crippen LogP contribution in [0.4, 0.5) is 0 Å². The minimum atomic E-state index is -0.775. The van der Waals surface area contributed by atoms with Crippen molar-refractivity contribution in [2.75, 3.05) is 13.1 Å². The van der Waals surface area contributed by atoms with E-state index in [2.05, 4.69) is 10.6 Å². The van der Waals surface area contributed by atoms with Gasteiger partial charge in [-0.05, 0) is 18.4 Å². The van der Waals surface area contributed by atoms with Crippen LogP contribution >= 0.6 is 0 Å². The van der Waals surface area contributed by atoms with Crippen LogP contribution < -0.4 is 11.2 Å². The van der Waals surface area contributed by atoms with Gasteiger partial charge in [0.1, 0.15) is 5.92 Å². The van der Waals surface area contributed by atoms with E-state index < -0.39 is 5.92 Å². The number of oxime groups is 1. The summed E-state index contributed by atoms with van der Waals surface area (Å²) in [4.78, 5) is 12.4. The average molecular weight is 276 g/mol. The third-order valence-corrected chi connectivity index (χ3v) is 3.43. The van der Waals surface area contributed by atoms with Gasteiger partial charge in [0.05, 0.1) is 0 Å². The standard InChI is InChI=1S/C14H20N4O2/c15-13(17-20)12(11-7-3-1-4-8-11)14(19)16-18-9-5-2-6-10-18/h1,3-4,7-8,12,20H,2,5-6,9-10H2,(H2,15,17)(H,16,19). The third kappa shape index (κ3) is 3.48. The first kappa shape index (κ1) is 14.3. The lowest BCUT2D eigenvalue weighted by molar-refractivity contribution is -0.126. The smallest absolute Gasteiger partial charge is 0.249 e. The van der Waals surface area contributed by atoms with Gasteiger partial charge in [0, 0.05) is 13.1 Å². The number of hydrogen-bond acceptors (Lipinski definition) is 4. The molecule has 1 fully saturated rings. The topological polar surface area (TPSA) is 91.0 Å². The molecule has 6 nitrogen and oxygen atoms in total. The van der Waals surface area contributed by atoms with E-state index in [4.69, 9.17) is 10.9 Å². The lowest BCUT2D eigenvalue weighted by atomic mass is 9.97. The zero-order valence-electron chi connectivity index (χ0n) is 11.3. The number of hydrogen-bond donors (Lipinski definition) is 3. The van der Waals surface area contributed by atoms with Crippen LogP contribution in [0.1, 0.15) is 30.7 Å². The number of nitrogens with one attached hydrogen (secondary N) is 1. The van der Waals surface area contributed by atoms with E-state index in [1.807, 2.05) is 23.2 Å². The van der Waals surface area contributed by atoms with Crippen LogP contribution in [0.5, 0.6) is 0 Å². The van der Waals surface area contributed by atoms with Crippen LogP contribution in [0.2, 0.25) is 0 Å². The predicted octanol–water partition coefficient (Wildman–Crippen LogP) is 1.03. The van der Waals surface area contributed by atoms with Gasteiger partial charge >= 0.3 is 0 Å². The predicted molar refractivity (Wildman–Crippen MR) is 76.2 cm³/mol. The summed E-state index contributed by atoms with van der Waals surface area (Å²) < 4.78 is 0. The number of amides is 1. The Bertz CT molecular complexity index is 469. The maximum atomic E-state index is 12.4. The average Bonchev–Trinajstić information content (AvgIpc) is 2.49. The molecule has 1 amide bonds. The summed E-state index contributed by atoms with van der Waals surface area (Å²) in [5, 5.41) is 13.8. The van der Waals surface area contributed by atoms with Gasteiger partial charge in [-0.2, -0.15) is 0 Å². The third-order valence-electron chi connectivity index (χ3n) is 3.43. The molecule has 2 rings (SSSR count). The molecule has 1 aromatic rings. The summed E-state index contributed by atoms with van der Waals surface area (Å²) in [6, 6.07) is 9.08. The lowest BCUT2D eigenvalue weighted by Crippen LogP contribution is -2.48. The number of carbonyl (C=O) groups excluding carboxylic acids is 1. The Kier molecular flexibility index (Phi) is 4.95. The second kappa shape index (κ2) is 6.91. The van der Waals surface area contributed by atoms with E-state index in [-0.39, 0.29) is 11.7 Å². The van der Waals surface area contributed by atoms with Crippen molar-refractivity contribution >= 4 is 11.7 Å². The van der Waals surface area contributed by atoms with Crippen molar-refractivity contribution in [2.45, 2.75) is 25.2 Å². The van der Waals surface area contributed by atoms with Crippen molar-refractivity contribution in [3.8, 4) is 0 Å². The fraction of sp³-hybridized carbons (Fsp3) is 0.429. The fourth-order valence-electron chi connectivity index (χ4n) is 2.39. The highest BCUT2D eigenvalue weighted by Crippen LogP contribution is 2.17. The van der Waals surface area contributed by atoms with Gasteiger partial charge < -0.3 is 10.9 Å². The molecule has 0 bridgehead atoms. The Balaban J connectivity index is 2.12. The number of benzene rings is 1. The highest BCUT2D eigenvalue weighted by molar-refractivity contribution is 6.07. The minimum Gasteiger partial charge on any atom is -0.409 e. The maximum absolute atomic E-state index is 12.4. The Morgan fingerprint density at radius 3 is 2.50 bits per heavy atom. The molecular formula is C14H20N4O2. The molecule has 4 N–H and O–H groups in total. The molecule has 0 radical (unpaired) electrons. The Morgan fingerprint density at radius 1 is 1.25 bits per heavy atom. The molecular weight excluding hydrogens is 256 g/mol. The van der Waals surface area contributed by atoms with Crippen LogP contribution in [-0.4, -0.2) is 35.0 Å². The summed E-state index contributed by atoms with van der Waals surface area (Å²) in [5.41, 5.74) is 9.24. The fourth-order valence-corrected chi connectivity index (χ4v) is 2.39. The van der Waals surface area contributed by atoms with Gasteiger partial charge in [0.15, 0.2) is 5.84 Å². The molecule has 1 atom stereocenters. The second-order valence-corrected chi connectivity index (χ2v) is 4.89. The van der Waals surface area contributed by atoms with Gasteiger partial charge in [-0.1, -0.05) is 41.9 Å². The molecule has 1 aromatic carbocycles. The quantitative estimate of drug-likeness (QED) is 0.331. The summed E-state index contributed by atoms with van der Waals surface area (Å²) in [6.07, 6.45) is 3.33. The molecule has 1 aliphatic rings. The maximum Gasteiger partial charge on any atom is 0.249 e. The zero-order chi connectivity index (χ0) is 14.4. The molecule has 20 heavy (non-hydrogen) atoms. The summed E-state index contributed by atoms with van der Waals surface area (Å²) >= 11 is 0. The Labute approximate surface area is 118 Å². The van der Waals surface area contributed by atoms with Crippen LogP contribution in [0, 0.1) is 0 Å². The highest BCUT2D eigenvalue weighted by atomic mass is 16.4. The first-order valence-electron chi connectivity index (χ1n) is 6.80. The van der Waals surface area contributed by atoms with E-state index >= 15 is 0 Å². The number of piperidine rings is 1. The largest absolute Gasteiger partial charge is 0.409 e. The molecule has 108 valence electrons. The van der Waals surface area contributed by atoms with Gasteiger partial charge in [0.25, 0.3) is 0 Å². The van der Waals surface area contributed by atoms with Crippen molar-refractivity contribution in [3.63, 3.8) is 0 Å². The van der Waals surface area contributed by atoms with Crippen molar-refractivity contribution in [2.24, 2.45) is 10.9 Å². The number of carbonyl (C=O) groups is 1. The number of nitrogens with zero attached hydrogens (tertiary/aromatic N) is 2. The highest BCUT2D eigenvalue weighted by Gasteiger charge is 2.27. The van der Waals surface area contributed by atoms with E-state index in [9.17, 15) is 4.79 Å². The molecule has 1 heterocycles. The number of nitrogens with two attached hydrogens (primary N) is 1. The van der Waals surface area contributed by atoms with E-state index in [0.717, 1.165) is 25.9 Å². The number of rotatable bonds is 4. The summed E-state index contributed by atoms with van der Waals surface area (Å²) in [5.74, 6) is -1.15. The molecule has 1 aliphatic heterocycles. The van der Waals surface area contributed by atoms with Gasteiger partial charge in [-0.15, -0.1) is 0 Å². The first-order valence-corrected chi connectivity index (χ1v) is 6.80. The van der Waals surface area contributed by atoms with Crippen molar-refractivity contribution in [1.82, 2.24) is 10.4 Å². The van der Waals surface area contributed by atoms with Crippen LogP contribution in [0.3, 0.4) is 0 Å². The van der Waals surface area contributed by atoms with Gasteiger partial charge in [0.2, 0.25) is 5.91 Å². The van der Waals surface area contributed by atoms with Crippen molar-refractivity contribution in [3.05, 3.63) is 35.9 Å². The summed E-state index contributed by atoms with van der Waals surface area (Å²) in [6.45, 7) is 1.67. The SMILES string of the molecule is N/C(=N/O)C(C(=O)NN1CCCCC1)c1ccccc1. The van der Waals surface area contributed by atoms with Crippen LogP contribution in [0.25, 0.3) is 0 Å². The molecule has 1 unspecified atom stereocenters. The van der Waals surface area contributed by atoms with E-state index in [1.54, 1.807) is 12.1 Å². The first-order chi connectivity index (χ1) is 9.72. The molecule has 0 spiro atoms. The van der Waals surface area contributed by atoms with Crippen LogP contribution in [0.15, 0.2) is 35.5 Å². The van der Waals surface area contributed by atoms with Crippen molar-refractivity contribution < 1.29 is 10.0 Å². The molecule has 0 saturated carbocycles. The molecule has 0 aliphatic carbocycles. The molecule has 0 aromatic heterocycles. The molecule has 1 saturated heterocycles. The van der Waals surface area contributed by atoms with Gasteiger partial charge in [-0.25, -0.2) is 5.01 Å². The Hall–Kier alpha value is -2.08. The molecule has 6 heteroatoms. The summed E-state index contributed by atoms with van der Waals surface area (Å²) in [7, 11) is 0. The van der Waals surface area contributed by atoms with Crippen molar-refractivity contribution in [1.29, 1.82) is 0 Å². The van der Waals surface area contributed by atoms with Crippen LogP contribution in [-0.2, 0) is 4.79 Å². The second-order valence-electron chi connectivity index (χ2n) is 4.89. The van der Waals surface area contributed by atoms with Gasteiger partial charge in [-0.3, -0.25) is 10.2 Å².